The predicted octanol–water partition coefficient (Wildman–Crippen LogP) is 1.69. The minimum atomic E-state index is 0.0682. The van der Waals surface area contributed by atoms with E-state index >= 15 is 0 Å². The van der Waals surface area contributed by atoms with Crippen LogP contribution in [0.5, 0.6) is 0 Å². The Balaban J connectivity index is 2.08. The molecule has 1 aliphatic heterocycles. The molecule has 1 fully saturated rings. The molecule has 0 aliphatic carbocycles. The van der Waals surface area contributed by atoms with Gasteiger partial charge in [0.25, 0.3) is 0 Å². The number of thiophene rings is 1. The lowest BCUT2D eigenvalue weighted by Gasteiger charge is -2.38. The first-order valence-electron chi connectivity index (χ1n) is 5.86. The van der Waals surface area contributed by atoms with Crippen LogP contribution in [0.25, 0.3) is 0 Å². The van der Waals surface area contributed by atoms with E-state index in [4.69, 9.17) is 10.5 Å². The zero-order chi connectivity index (χ0) is 11.4. The van der Waals surface area contributed by atoms with Crippen molar-refractivity contribution in [2.24, 2.45) is 5.73 Å². The predicted molar refractivity (Wildman–Crippen MR) is 67.6 cm³/mol. The monoisotopic (exact) mass is 240 g/mol. The lowest BCUT2D eigenvalue weighted by atomic mass is 9.96. The van der Waals surface area contributed by atoms with Crippen LogP contribution in [0, 0.1) is 0 Å². The van der Waals surface area contributed by atoms with Crippen molar-refractivity contribution >= 4 is 11.3 Å². The van der Waals surface area contributed by atoms with E-state index in [1.807, 2.05) is 11.3 Å². The minimum absolute atomic E-state index is 0.0682. The largest absolute Gasteiger partial charge is 0.379 e. The van der Waals surface area contributed by atoms with Crippen molar-refractivity contribution in [3.63, 3.8) is 0 Å². The summed E-state index contributed by atoms with van der Waals surface area (Å²) >= 11 is 1.81. The normalized spacial score (nSPS) is 25.4. The fraction of sp³-hybridized carbons (Fsp3) is 0.667. The average molecular weight is 240 g/mol. The Morgan fingerprint density at radius 2 is 2.50 bits per heavy atom. The standard InChI is InChI=1S/C12H20N2OS/c1-2-14(8-11-4-3-7-16-11)12(9-13)5-6-15-10-12/h3-4,7H,2,5-6,8-10,13H2,1H3. The Bertz CT molecular complexity index is 307. The molecule has 1 saturated heterocycles. The van der Waals surface area contributed by atoms with Crippen LogP contribution >= 0.6 is 11.3 Å². The number of hydrogen-bond acceptors (Lipinski definition) is 4. The molecule has 2 rings (SSSR count). The van der Waals surface area contributed by atoms with Crippen molar-refractivity contribution in [2.75, 3.05) is 26.3 Å². The van der Waals surface area contributed by atoms with Crippen molar-refractivity contribution in [1.82, 2.24) is 4.90 Å². The molecule has 1 aromatic rings. The van der Waals surface area contributed by atoms with Crippen LogP contribution in [0.2, 0.25) is 0 Å². The van der Waals surface area contributed by atoms with Crippen LogP contribution < -0.4 is 5.73 Å². The fourth-order valence-electron chi connectivity index (χ4n) is 2.34. The molecule has 1 unspecified atom stereocenters. The van der Waals surface area contributed by atoms with Gasteiger partial charge in [-0.15, -0.1) is 11.3 Å². The third kappa shape index (κ3) is 2.30. The summed E-state index contributed by atoms with van der Waals surface area (Å²) < 4.78 is 5.54. The molecule has 0 saturated carbocycles. The molecule has 4 heteroatoms. The van der Waals surface area contributed by atoms with Gasteiger partial charge in [-0.3, -0.25) is 4.90 Å². The number of nitrogens with two attached hydrogens (primary N) is 1. The van der Waals surface area contributed by atoms with Gasteiger partial charge in [-0.05, 0) is 24.4 Å². The van der Waals surface area contributed by atoms with Gasteiger partial charge in [-0.25, -0.2) is 0 Å². The highest BCUT2D eigenvalue weighted by molar-refractivity contribution is 7.09. The molecule has 1 atom stereocenters. The van der Waals surface area contributed by atoms with E-state index in [1.54, 1.807) is 0 Å². The third-order valence-corrected chi connectivity index (χ3v) is 4.30. The van der Waals surface area contributed by atoms with E-state index in [2.05, 4.69) is 29.3 Å². The van der Waals surface area contributed by atoms with Gasteiger partial charge in [0.05, 0.1) is 12.1 Å². The molecule has 0 bridgehead atoms. The van der Waals surface area contributed by atoms with Gasteiger partial charge in [-0.2, -0.15) is 0 Å². The van der Waals surface area contributed by atoms with Crippen LogP contribution in [-0.2, 0) is 11.3 Å². The maximum atomic E-state index is 5.96. The van der Waals surface area contributed by atoms with E-state index in [1.165, 1.54) is 4.88 Å². The summed E-state index contributed by atoms with van der Waals surface area (Å²) in [6.07, 6.45) is 1.06. The lowest BCUT2D eigenvalue weighted by molar-refractivity contribution is 0.0707. The molecule has 1 aromatic heterocycles. The van der Waals surface area contributed by atoms with Gasteiger partial charge in [-0.1, -0.05) is 13.0 Å². The molecular formula is C12H20N2OS. The highest BCUT2D eigenvalue weighted by Gasteiger charge is 2.38. The SMILES string of the molecule is CCN(Cc1cccs1)C1(CN)CCOC1. The van der Waals surface area contributed by atoms with E-state index in [-0.39, 0.29) is 5.54 Å². The second-order valence-corrected chi connectivity index (χ2v) is 5.36. The molecule has 0 spiro atoms. The second kappa shape index (κ2) is 5.27. The molecule has 0 amide bonds. The first-order valence-corrected chi connectivity index (χ1v) is 6.74. The average Bonchev–Trinajstić information content (AvgIpc) is 2.97. The molecule has 3 nitrogen and oxygen atoms in total. The Labute approximate surface area is 101 Å². The smallest absolute Gasteiger partial charge is 0.0663 e. The Hall–Kier alpha value is -0.420. The highest BCUT2D eigenvalue weighted by atomic mass is 32.1. The van der Waals surface area contributed by atoms with E-state index in [0.29, 0.717) is 6.54 Å². The van der Waals surface area contributed by atoms with Crippen LogP contribution in [-0.4, -0.2) is 36.7 Å². The molecular weight excluding hydrogens is 220 g/mol. The molecule has 0 aromatic carbocycles. The Morgan fingerprint density at radius 1 is 1.62 bits per heavy atom. The maximum Gasteiger partial charge on any atom is 0.0663 e. The van der Waals surface area contributed by atoms with E-state index < -0.39 is 0 Å². The number of nitrogens with zero attached hydrogens (tertiary/aromatic N) is 1. The van der Waals surface area contributed by atoms with Gasteiger partial charge in [0.1, 0.15) is 0 Å². The van der Waals surface area contributed by atoms with Crippen molar-refractivity contribution in [3.8, 4) is 0 Å². The topological polar surface area (TPSA) is 38.5 Å². The van der Waals surface area contributed by atoms with Gasteiger partial charge < -0.3 is 10.5 Å². The van der Waals surface area contributed by atoms with Gasteiger partial charge in [0.2, 0.25) is 0 Å². The van der Waals surface area contributed by atoms with Crippen LogP contribution in [0.1, 0.15) is 18.2 Å². The summed E-state index contributed by atoms with van der Waals surface area (Å²) in [4.78, 5) is 3.87. The summed E-state index contributed by atoms with van der Waals surface area (Å²) in [5, 5.41) is 2.13. The minimum Gasteiger partial charge on any atom is -0.379 e. The van der Waals surface area contributed by atoms with Gasteiger partial charge in [0.15, 0.2) is 0 Å². The number of hydrogen-bond donors (Lipinski definition) is 1. The van der Waals surface area contributed by atoms with E-state index in [9.17, 15) is 0 Å². The summed E-state index contributed by atoms with van der Waals surface area (Å²) in [5.74, 6) is 0. The maximum absolute atomic E-state index is 5.96. The summed E-state index contributed by atoms with van der Waals surface area (Å²) in [5.41, 5.74) is 6.02. The fourth-order valence-corrected chi connectivity index (χ4v) is 3.06. The second-order valence-electron chi connectivity index (χ2n) is 4.32. The van der Waals surface area contributed by atoms with Crippen molar-refractivity contribution in [1.29, 1.82) is 0 Å². The Morgan fingerprint density at radius 3 is 3.00 bits per heavy atom. The van der Waals surface area contributed by atoms with Crippen molar-refractivity contribution in [2.45, 2.75) is 25.4 Å². The van der Waals surface area contributed by atoms with E-state index in [0.717, 1.165) is 32.7 Å². The zero-order valence-electron chi connectivity index (χ0n) is 9.82. The van der Waals surface area contributed by atoms with Crippen LogP contribution in [0.3, 0.4) is 0 Å². The molecule has 0 radical (unpaired) electrons. The molecule has 90 valence electrons. The van der Waals surface area contributed by atoms with Gasteiger partial charge >= 0.3 is 0 Å². The zero-order valence-corrected chi connectivity index (χ0v) is 10.6. The van der Waals surface area contributed by atoms with Crippen LogP contribution in [0.15, 0.2) is 17.5 Å². The van der Waals surface area contributed by atoms with Crippen LogP contribution in [0.4, 0.5) is 0 Å². The lowest BCUT2D eigenvalue weighted by Crippen LogP contribution is -2.54. The number of likely N-dealkylation sites (N-methyl/N-ethyl adjacent to an activating group) is 1. The first-order chi connectivity index (χ1) is 7.80. The first kappa shape index (κ1) is 12.0. The molecule has 1 aliphatic rings. The molecule has 16 heavy (non-hydrogen) atoms. The van der Waals surface area contributed by atoms with Crippen molar-refractivity contribution < 1.29 is 4.74 Å². The molecule has 2 N–H and O–H groups in total. The number of ether oxygens (including phenoxy) is 1. The number of rotatable bonds is 5. The highest BCUT2D eigenvalue weighted by Crippen LogP contribution is 2.27. The van der Waals surface area contributed by atoms with Gasteiger partial charge in [0, 0.05) is 24.6 Å². The quantitative estimate of drug-likeness (QED) is 0.851. The summed E-state index contributed by atoms with van der Waals surface area (Å²) in [6, 6.07) is 4.29. The van der Waals surface area contributed by atoms with Crippen molar-refractivity contribution in [3.05, 3.63) is 22.4 Å². The summed E-state index contributed by atoms with van der Waals surface area (Å²) in [7, 11) is 0. The molecule has 2 heterocycles. The third-order valence-electron chi connectivity index (χ3n) is 3.44. The summed E-state index contributed by atoms with van der Waals surface area (Å²) in [6.45, 7) is 6.53. The Kier molecular flexibility index (Phi) is 3.97.